The molecule has 5 rings (SSSR count). The normalized spacial score (nSPS) is 16.8. The average molecular weight is 494 g/mol. The predicted octanol–water partition coefficient (Wildman–Crippen LogP) is 2.23. The van der Waals surface area contributed by atoms with Gasteiger partial charge in [-0.1, -0.05) is 12.1 Å². The number of rotatable bonds is 6. The Morgan fingerprint density at radius 2 is 1.81 bits per heavy atom. The van der Waals surface area contributed by atoms with Crippen LogP contribution in [0.4, 0.5) is 15.8 Å². The SMILES string of the molecule is CN1CCN(c2cc(N3CCCC3)cn3c(=O)c(O)c(C(=O)CCc4ccc(F)cc4)nc23)C(=O)C1. The first-order chi connectivity index (χ1) is 17.3. The zero-order chi connectivity index (χ0) is 25.4. The molecule has 0 radical (unpaired) electrons. The third kappa shape index (κ3) is 4.56. The van der Waals surface area contributed by atoms with Crippen LogP contribution < -0.4 is 15.4 Å². The largest absolute Gasteiger partial charge is 0.501 e. The highest BCUT2D eigenvalue weighted by Crippen LogP contribution is 2.30. The second-order valence-electron chi connectivity index (χ2n) is 9.42. The molecule has 1 aromatic carbocycles. The molecule has 2 saturated heterocycles. The van der Waals surface area contributed by atoms with Crippen LogP contribution in [0.1, 0.15) is 35.3 Å². The molecule has 1 amide bonds. The molecule has 2 aromatic heterocycles. The molecule has 188 valence electrons. The fourth-order valence-electron chi connectivity index (χ4n) is 4.81. The third-order valence-corrected chi connectivity index (χ3v) is 6.86. The number of hydrogen-bond acceptors (Lipinski definition) is 7. The molecule has 9 nitrogen and oxygen atoms in total. The topological polar surface area (TPSA) is 98.5 Å². The number of hydrogen-bond donors (Lipinski definition) is 1. The number of pyridine rings is 1. The van der Waals surface area contributed by atoms with E-state index in [-0.39, 0.29) is 36.0 Å². The summed E-state index contributed by atoms with van der Waals surface area (Å²) in [6, 6.07) is 7.65. The second kappa shape index (κ2) is 9.69. The highest BCUT2D eigenvalue weighted by atomic mass is 19.1. The number of aromatic nitrogens is 2. The number of anilines is 2. The van der Waals surface area contributed by atoms with Gasteiger partial charge in [-0.25, -0.2) is 9.37 Å². The number of aromatic hydroxyl groups is 1. The van der Waals surface area contributed by atoms with Gasteiger partial charge in [-0.3, -0.25) is 23.7 Å². The summed E-state index contributed by atoms with van der Waals surface area (Å²) in [5.74, 6) is -1.72. The van der Waals surface area contributed by atoms with Crippen molar-refractivity contribution in [3.8, 4) is 5.75 Å². The molecule has 1 N–H and O–H groups in total. The maximum atomic E-state index is 13.2. The summed E-state index contributed by atoms with van der Waals surface area (Å²) in [4.78, 5) is 49.3. The number of carbonyl (C=O) groups excluding carboxylic acids is 2. The summed E-state index contributed by atoms with van der Waals surface area (Å²) in [5.41, 5.74) is 1.04. The van der Waals surface area contributed by atoms with Gasteiger partial charge in [0.1, 0.15) is 5.82 Å². The van der Waals surface area contributed by atoms with Gasteiger partial charge < -0.3 is 14.9 Å². The molecular weight excluding hydrogens is 465 g/mol. The summed E-state index contributed by atoms with van der Waals surface area (Å²) < 4.78 is 14.4. The van der Waals surface area contributed by atoms with Crippen molar-refractivity contribution in [2.24, 2.45) is 0 Å². The first kappa shape index (κ1) is 23.9. The molecule has 0 atom stereocenters. The quantitative estimate of drug-likeness (QED) is 0.526. The third-order valence-electron chi connectivity index (χ3n) is 6.86. The van der Waals surface area contributed by atoms with E-state index in [4.69, 9.17) is 0 Å². The van der Waals surface area contributed by atoms with Crippen LogP contribution in [0.5, 0.6) is 5.75 Å². The van der Waals surface area contributed by atoms with Gasteiger partial charge in [0.15, 0.2) is 17.1 Å². The van der Waals surface area contributed by atoms with E-state index in [2.05, 4.69) is 9.88 Å². The molecule has 0 bridgehead atoms. The van der Waals surface area contributed by atoms with Crippen molar-refractivity contribution in [3.05, 3.63) is 64.0 Å². The number of piperazine rings is 1. The number of aryl methyl sites for hydroxylation is 1. The number of carbonyl (C=O) groups is 2. The smallest absolute Gasteiger partial charge is 0.300 e. The number of nitrogens with zero attached hydrogens (tertiary/aromatic N) is 5. The van der Waals surface area contributed by atoms with Crippen LogP contribution in [-0.2, 0) is 11.2 Å². The van der Waals surface area contributed by atoms with E-state index in [0.29, 0.717) is 25.2 Å². The zero-order valence-electron chi connectivity index (χ0n) is 20.1. The summed E-state index contributed by atoms with van der Waals surface area (Å²) in [5, 5.41) is 10.7. The Labute approximate surface area is 207 Å². The summed E-state index contributed by atoms with van der Waals surface area (Å²) in [6.07, 6.45) is 3.96. The van der Waals surface area contributed by atoms with Crippen molar-refractivity contribution in [3.63, 3.8) is 0 Å². The van der Waals surface area contributed by atoms with E-state index < -0.39 is 17.1 Å². The predicted molar refractivity (Wildman–Crippen MR) is 133 cm³/mol. The lowest BCUT2D eigenvalue weighted by atomic mass is 10.1. The Morgan fingerprint density at radius 1 is 1.08 bits per heavy atom. The molecular formula is C26H28FN5O4. The molecule has 4 heterocycles. The number of likely N-dealkylation sites (N-methyl/N-ethyl adjacent to an activating group) is 1. The van der Waals surface area contributed by atoms with Crippen LogP contribution in [-0.4, -0.2) is 70.9 Å². The van der Waals surface area contributed by atoms with Gasteiger partial charge in [0.05, 0.1) is 17.9 Å². The van der Waals surface area contributed by atoms with E-state index in [9.17, 15) is 23.9 Å². The molecule has 0 aliphatic carbocycles. The lowest BCUT2D eigenvalue weighted by Gasteiger charge is -2.33. The monoisotopic (exact) mass is 493 g/mol. The molecule has 2 aliphatic heterocycles. The molecule has 3 aromatic rings. The maximum Gasteiger partial charge on any atom is 0.300 e. The van der Waals surface area contributed by atoms with Crippen molar-refractivity contribution in [1.82, 2.24) is 14.3 Å². The number of benzene rings is 1. The number of ketones is 1. The molecule has 2 fully saturated rings. The summed E-state index contributed by atoms with van der Waals surface area (Å²) in [6.45, 7) is 2.95. The molecule has 10 heteroatoms. The average Bonchev–Trinajstić information content (AvgIpc) is 3.40. The van der Waals surface area contributed by atoms with Crippen LogP contribution in [0.3, 0.4) is 0 Å². The van der Waals surface area contributed by atoms with Crippen molar-refractivity contribution >= 4 is 28.7 Å². The van der Waals surface area contributed by atoms with Crippen LogP contribution in [0.25, 0.3) is 5.65 Å². The minimum atomic E-state index is -0.756. The fraction of sp³-hybridized carbons (Fsp3) is 0.385. The van der Waals surface area contributed by atoms with E-state index in [1.807, 2.05) is 18.0 Å². The Balaban J connectivity index is 1.57. The Morgan fingerprint density at radius 3 is 2.50 bits per heavy atom. The van der Waals surface area contributed by atoms with Gasteiger partial charge in [0.2, 0.25) is 11.7 Å². The minimum absolute atomic E-state index is 0.0174. The van der Waals surface area contributed by atoms with E-state index in [1.54, 1.807) is 23.2 Å². The lowest BCUT2D eigenvalue weighted by Crippen LogP contribution is -2.49. The van der Waals surface area contributed by atoms with Crippen molar-refractivity contribution in [1.29, 1.82) is 0 Å². The molecule has 0 unspecified atom stereocenters. The van der Waals surface area contributed by atoms with Crippen LogP contribution in [0.2, 0.25) is 0 Å². The second-order valence-corrected chi connectivity index (χ2v) is 9.42. The molecule has 2 aliphatic rings. The number of halogens is 1. The zero-order valence-corrected chi connectivity index (χ0v) is 20.1. The Kier molecular flexibility index (Phi) is 6.44. The molecule has 0 saturated carbocycles. The number of fused-ring (bicyclic) bond motifs is 1. The van der Waals surface area contributed by atoms with Gasteiger partial charge in [-0.15, -0.1) is 0 Å². The van der Waals surface area contributed by atoms with Crippen LogP contribution in [0, 0.1) is 5.82 Å². The van der Waals surface area contributed by atoms with Crippen LogP contribution >= 0.6 is 0 Å². The first-order valence-electron chi connectivity index (χ1n) is 12.1. The van der Waals surface area contributed by atoms with Crippen molar-refractivity contribution in [2.75, 3.05) is 49.6 Å². The van der Waals surface area contributed by atoms with Crippen molar-refractivity contribution < 1.29 is 19.1 Å². The van der Waals surface area contributed by atoms with E-state index >= 15 is 0 Å². The number of Topliss-reactive ketones (excluding diaryl/α,β-unsaturated/α-hetero) is 1. The highest BCUT2D eigenvalue weighted by molar-refractivity contribution is 6.01. The van der Waals surface area contributed by atoms with E-state index in [0.717, 1.165) is 37.2 Å². The first-order valence-corrected chi connectivity index (χ1v) is 12.1. The summed E-state index contributed by atoms with van der Waals surface area (Å²) >= 11 is 0. The Bertz CT molecular complexity index is 1380. The van der Waals surface area contributed by atoms with Gasteiger partial charge >= 0.3 is 5.56 Å². The highest BCUT2D eigenvalue weighted by Gasteiger charge is 2.28. The standard InChI is InChI=1S/C26H28FN5O4/c1-29-12-13-31(22(34)16-29)20-14-19(30-10-2-3-11-30)15-32-25(20)28-23(24(35)26(32)36)21(33)9-6-17-4-7-18(27)8-5-17/h4-5,7-8,14-15,35H,2-3,6,9-13,16H2,1H3. The maximum absolute atomic E-state index is 13.2. The minimum Gasteiger partial charge on any atom is -0.501 e. The fourth-order valence-corrected chi connectivity index (χ4v) is 4.81. The van der Waals surface area contributed by atoms with Gasteiger partial charge in [0, 0.05) is 38.8 Å². The van der Waals surface area contributed by atoms with Gasteiger partial charge in [-0.2, -0.15) is 0 Å². The Hall–Kier alpha value is -3.79. The van der Waals surface area contributed by atoms with E-state index in [1.165, 1.54) is 16.5 Å². The molecule has 0 spiro atoms. The van der Waals surface area contributed by atoms with Gasteiger partial charge in [-0.05, 0) is 50.1 Å². The summed E-state index contributed by atoms with van der Waals surface area (Å²) in [7, 11) is 1.87. The molecule has 36 heavy (non-hydrogen) atoms. The number of amides is 1. The van der Waals surface area contributed by atoms with Crippen molar-refractivity contribution in [2.45, 2.75) is 25.7 Å². The van der Waals surface area contributed by atoms with Crippen LogP contribution in [0.15, 0.2) is 41.3 Å². The van der Waals surface area contributed by atoms with Gasteiger partial charge in [0.25, 0.3) is 0 Å². The lowest BCUT2D eigenvalue weighted by molar-refractivity contribution is -0.120.